The number of rotatable bonds is 5. The van der Waals surface area contributed by atoms with Crippen LogP contribution in [-0.4, -0.2) is 28.4 Å². The molecule has 0 aliphatic rings. The van der Waals surface area contributed by atoms with Crippen LogP contribution >= 0.6 is 0 Å². The number of carbonyl (C=O) groups is 2. The molecule has 0 heterocycles. The van der Waals surface area contributed by atoms with Gasteiger partial charge in [0.25, 0.3) is 5.91 Å². The highest BCUT2D eigenvalue weighted by Gasteiger charge is 2.21. The second-order valence-corrected chi connectivity index (χ2v) is 6.53. The summed E-state index contributed by atoms with van der Waals surface area (Å²) in [5.41, 5.74) is 0.998. The number of carbonyl (C=O) groups excluding carboxylic acids is 2. The fourth-order valence-corrected chi connectivity index (χ4v) is 2.81. The number of nitriles is 1. The van der Waals surface area contributed by atoms with Gasteiger partial charge in [-0.15, -0.1) is 0 Å². The van der Waals surface area contributed by atoms with Crippen molar-refractivity contribution in [2.75, 3.05) is 11.6 Å². The molecule has 6 nitrogen and oxygen atoms in total. The molecule has 1 amide bonds. The van der Waals surface area contributed by atoms with Crippen molar-refractivity contribution in [3.05, 3.63) is 59.7 Å². The van der Waals surface area contributed by atoms with E-state index in [0.717, 1.165) is 0 Å². The second-order valence-electron chi connectivity index (χ2n) is 5.18. The van der Waals surface area contributed by atoms with E-state index in [9.17, 15) is 13.8 Å². The molecule has 0 saturated carbocycles. The summed E-state index contributed by atoms with van der Waals surface area (Å²) in [6, 6.07) is 14.7. The number of hydrogen-bond donors (Lipinski definition) is 1. The highest BCUT2D eigenvalue weighted by Crippen LogP contribution is 2.15. The van der Waals surface area contributed by atoms with E-state index in [1.54, 1.807) is 36.4 Å². The second kappa shape index (κ2) is 8.22. The first kappa shape index (κ1) is 18.4. The van der Waals surface area contributed by atoms with Crippen molar-refractivity contribution in [2.24, 2.45) is 0 Å². The van der Waals surface area contributed by atoms with Gasteiger partial charge in [0.05, 0.1) is 32.9 Å². The molecule has 1 N–H and O–H groups in total. The molecule has 2 aromatic rings. The predicted octanol–water partition coefficient (Wildman–Crippen LogP) is 2.48. The van der Waals surface area contributed by atoms with Gasteiger partial charge in [-0.05, 0) is 37.3 Å². The Hall–Kier alpha value is -2.98. The van der Waals surface area contributed by atoms with Gasteiger partial charge < -0.3 is 10.1 Å². The van der Waals surface area contributed by atoms with E-state index >= 15 is 0 Å². The number of hydrogen-bond acceptors (Lipinski definition) is 5. The number of ether oxygens (including phenoxy) is 1. The number of anilines is 1. The summed E-state index contributed by atoms with van der Waals surface area (Å²) < 4.78 is 16.9. The van der Waals surface area contributed by atoms with Gasteiger partial charge in [-0.2, -0.15) is 5.26 Å². The lowest BCUT2D eigenvalue weighted by molar-refractivity contribution is -0.123. The molecule has 0 unspecified atom stereocenters. The van der Waals surface area contributed by atoms with Gasteiger partial charge in [-0.1, -0.05) is 18.2 Å². The van der Waals surface area contributed by atoms with Gasteiger partial charge in [0.15, 0.2) is 6.10 Å². The fourth-order valence-electron chi connectivity index (χ4n) is 2.07. The SMILES string of the molecule is C[C@H](OC(=O)c1ccccc1[S@@](C)=O)C(=O)Nc1cccc(C#N)c1. The van der Waals surface area contributed by atoms with Crippen molar-refractivity contribution in [2.45, 2.75) is 17.9 Å². The van der Waals surface area contributed by atoms with Crippen molar-refractivity contribution in [1.29, 1.82) is 5.26 Å². The highest BCUT2D eigenvalue weighted by molar-refractivity contribution is 7.84. The number of nitrogens with zero attached hydrogens (tertiary/aromatic N) is 1. The van der Waals surface area contributed by atoms with Crippen LogP contribution in [0.1, 0.15) is 22.8 Å². The summed E-state index contributed by atoms with van der Waals surface area (Å²) in [7, 11) is -1.35. The maximum atomic E-state index is 12.3. The molecule has 0 spiro atoms. The van der Waals surface area contributed by atoms with Crippen LogP contribution in [0.25, 0.3) is 0 Å². The van der Waals surface area contributed by atoms with Crippen molar-refractivity contribution in [3.8, 4) is 6.07 Å². The predicted molar refractivity (Wildman–Crippen MR) is 93.4 cm³/mol. The number of benzene rings is 2. The average Bonchev–Trinajstić information content (AvgIpc) is 2.61. The number of nitrogens with one attached hydrogen (secondary N) is 1. The Bertz CT molecular complexity index is 873. The van der Waals surface area contributed by atoms with Gasteiger partial charge in [-0.3, -0.25) is 9.00 Å². The Morgan fingerprint density at radius 1 is 1.20 bits per heavy atom. The van der Waals surface area contributed by atoms with E-state index < -0.39 is 28.8 Å². The van der Waals surface area contributed by atoms with Crippen LogP contribution in [0.5, 0.6) is 0 Å². The normalized spacial score (nSPS) is 12.5. The molecule has 128 valence electrons. The first-order valence-electron chi connectivity index (χ1n) is 7.37. The van der Waals surface area contributed by atoms with E-state index in [1.165, 1.54) is 25.3 Å². The fraction of sp³-hybridized carbons (Fsp3) is 0.167. The largest absolute Gasteiger partial charge is 0.449 e. The Balaban J connectivity index is 2.07. The van der Waals surface area contributed by atoms with Crippen LogP contribution in [0, 0.1) is 11.3 Å². The molecule has 0 fully saturated rings. The number of esters is 1. The molecule has 0 saturated heterocycles. The maximum Gasteiger partial charge on any atom is 0.340 e. The molecular weight excluding hydrogens is 340 g/mol. The summed E-state index contributed by atoms with van der Waals surface area (Å²) in [5, 5.41) is 11.4. The molecule has 0 aliphatic carbocycles. The van der Waals surface area contributed by atoms with Crippen molar-refractivity contribution < 1.29 is 18.5 Å². The van der Waals surface area contributed by atoms with Gasteiger partial charge >= 0.3 is 5.97 Å². The first-order chi connectivity index (χ1) is 11.9. The molecule has 0 radical (unpaired) electrons. The minimum Gasteiger partial charge on any atom is -0.449 e. The first-order valence-corrected chi connectivity index (χ1v) is 8.92. The van der Waals surface area contributed by atoms with Crippen LogP contribution in [0.15, 0.2) is 53.4 Å². The molecule has 0 bridgehead atoms. The monoisotopic (exact) mass is 356 g/mol. The quantitative estimate of drug-likeness (QED) is 0.830. The smallest absolute Gasteiger partial charge is 0.340 e. The molecule has 2 aromatic carbocycles. The summed E-state index contributed by atoms with van der Waals surface area (Å²) in [5.74, 6) is -1.25. The summed E-state index contributed by atoms with van der Waals surface area (Å²) in [4.78, 5) is 24.8. The zero-order chi connectivity index (χ0) is 18.4. The number of amides is 1. The third-order valence-corrected chi connectivity index (χ3v) is 4.30. The molecule has 2 atom stereocenters. The molecule has 0 aromatic heterocycles. The van der Waals surface area contributed by atoms with Crippen molar-refractivity contribution in [3.63, 3.8) is 0 Å². The van der Waals surface area contributed by atoms with E-state index in [4.69, 9.17) is 10.00 Å². The zero-order valence-corrected chi connectivity index (χ0v) is 14.5. The molecular formula is C18H16N2O4S. The van der Waals surface area contributed by atoms with Crippen LogP contribution < -0.4 is 5.32 Å². The lowest BCUT2D eigenvalue weighted by Crippen LogP contribution is -2.30. The Morgan fingerprint density at radius 3 is 2.60 bits per heavy atom. The van der Waals surface area contributed by atoms with Crippen LogP contribution in [0.4, 0.5) is 5.69 Å². The summed E-state index contributed by atoms with van der Waals surface area (Å²) in [6.45, 7) is 1.44. The maximum absolute atomic E-state index is 12.3. The zero-order valence-electron chi connectivity index (χ0n) is 13.7. The minimum absolute atomic E-state index is 0.162. The standard InChI is InChI=1S/C18H16N2O4S/c1-12(17(21)20-14-7-5-6-13(10-14)11-19)24-18(22)15-8-3-4-9-16(15)25(2)23/h3-10,12H,1-2H3,(H,20,21)/t12-,25+/m0/s1. The lowest BCUT2D eigenvalue weighted by atomic mass is 10.2. The highest BCUT2D eigenvalue weighted by atomic mass is 32.2. The van der Waals surface area contributed by atoms with E-state index in [0.29, 0.717) is 16.1 Å². The van der Waals surface area contributed by atoms with Crippen molar-refractivity contribution in [1.82, 2.24) is 0 Å². The van der Waals surface area contributed by atoms with Gasteiger partial charge in [0.1, 0.15) is 0 Å². The van der Waals surface area contributed by atoms with E-state index in [2.05, 4.69) is 5.32 Å². The van der Waals surface area contributed by atoms with Gasteiger partial charge in [-0.25, -0.2) is 4.79 Å². The Labute approximate surface area is 147 Å². The molecule has 25 heavy (non-hydrogen) atoms. The van der Waals surface area contributed by atoms with Crippen LogP contribution in [-0.2, 0) is 20.3 Å². The van der Waals surface area contributed by atoms with Gasteiger partial charge in [0.2, 0.25) is 0 Å². The average molecular weight is 356 g/mol. The van der Waals surface area contributed by atoms with E-state index in [1.807, 2.05) is 6.07 Å². The molecule has 7 heteroatoms. The summed E-state index contributed by atoms with van der Waals surface area (Å²) >= 11 is 0. The Morgan fingerprint density at radius 2 is 1.92 bits per heavy atom. The van der Waals surface area contributed by atoms with E-state index in [-0.39, 0.29) is 5.56 Å². The lowest BCUT2D eigenvalue weighted by Gasteiger charge is -2.14. The topological polar surface area (TPSA) is 96.3 Å². The third-order valence-electron chi connectivity index (χ3n) is 3.33. The van der Waals surface area contributed by atoms with Gasteiger partial charge in [0, 0.05) is 11.9 Å². The molecule has 0 aliphatic heterocycles. The van der Waals surface area contributed by atoms with Crippen LogP contribution in [0.3, 0.4) is 0 Å². The van der Waals surface area contributed by atoms with Crippen LogP contribution in [0.2, 0.25) is 0 Å². The summed E-state index contributed by atoms with van der Waals surface area (Å²) in [6.07, 6.45) is 0.404. The minimum atomic E-state index is -1.35. The third kappa shape index (κ3) is 4.75. The molecule has 2 rings (SSSR count). The van der Waals surface area contributed by atoms with Crippen molar-refractivity contribution >= 4 is 28.4 Å². The Kier molecular flexibility index (Phi) is 6.03.